The van der Waals surface area contributed by atoms with Gasteiger partial charge in [0.15, 0.2) is 5.75 Å². The first-order valence-corrected chi connectivity index (χ1v) is 8.42. The van der Waals surface area contributed by atoms with Gasteiger partial charge in [-0.1, -0.05) is 35.3 Å². The lowest BCUT2D eigenvalue weighted by atomic mass is 10.1. The molecule has 2 N–H and O–H groups in total. The summed E-state index contributed by atoms with van der Waals surface area (Å²) in [6.07, 6.45) is 0. The highest BCUT2D eigenvalue weighted by Crippen LogP contribution is 2.34. The number of aliphatic hydroxyl groups is 1. The monoisotopic (exact) mass is 391 g/mol. The molecule has 1 aromatic heterocycles. The number of hydrogen-bond donors (Lipinski definition) is 2. The third-order valence-electron chi connectivity index (χ3n) is 3.69. The lowest BCUT2D eigenvalue weighted by Gasteiger charge is -2.10. The van der Waals surface area contributed by atoms with Crippen molar-refractivity contribution in [3.63, 3.8) is 0 Å². The number of amides is 1. The molecule has 0 unspecified atom stereocenters. The summed E-state index contributed by atoms with van der Waals surface area (Å²) in [5.41, 5.74) is 1.66. The minimum Gasteiger partial charge on any atom is -0.494 e. The summed E-state index contributed by atoms with van der Waals surface area (Å²) in [5, 5.41) is 12.4. The number of nitrogens with one attached hydrogen (secondary N) is 1. The summed E-state index contributed by atoms with van der Waals surface area (Å²) < 4.78 is 10.6. The van der Waals surface area contributed by atoms with Crippen molar-refractivity contribution in [3.8, 4) is 17.1 Å². The van der Waals surface area contributed by atoms with Gasteiger partial charge in [-0.25, -0.2) is 0 Å². The van der Waals surface area contributed by atoms with Crippen molar-refractivity contribution in [1.29, 1.82) is 0 Å². The van der Waals surface area contributed by atoms with Crippen molar-refractivity contribution >= 4 is 34.8 Å². The maximum atomic E-state index is 12.5. The maximum Gasteiger partial charge on any atom is 0.255 e. The summed E-state index contributed by atoms with van der Waals surface area (Å²) >= 11 is 12.2. The SMILES string of the molecule is COc1c(Cl)cc(C(=O)Nc2cccc(-c3ccc(CO)o3)c2)cc1Cl. The Bertz CT molecular complexity index is 929. The molecule has 0 bridgehead atoms. The van der Waals surface area contributed by atoms with E-state index < -0.39 is 0 Å². The molecule has 3 aromatic rings. The van der Waals surface area contributed by atoms with E-state index in [0.29, 0.717) is 28.5 Å². The van der Waals surface area contributed by atoms with Crippen LogP contribution in [0.25, 0.3) is 11.3 Å². The van der Waals surface area contributed by atoms with Crippen LogP contribution in [0.4, 0.5) is 5.69 Å². The molecule has 134 valence electrons. The zero-order valence-corrected chi connectivity index (χ0v) is 15.3. The van der Waals surface area contributed by atoms with E-state index in [1.807, 2.05) is 6.07 Å². The van der Waals surface area contributed by atoms with Crippen molar-refractivity contribution in [1.82, 2.24) is 0 Å². The number of aliphatic hydroxyl groups excluding tert-OH is 1. The molecule has 0 fully saturated rings. The largest absolute Gasteiger partial charge is 0.494 e. The zero-order chi connectivity index (χ0) is 18.7. The fourth-order valence-corrected chi connectivity index (χ4v) is 3.10. The standard InChI is InChI=1S/C19H15Cl2NO4/c1-25-18-15(20)8-12(9-16(18)21)19(24)22-13-4-2-3-11(7-13)17-6-5-14(10-23)26-17/h2-9,23H,10H2,1H3,(H,22,24). The molecule has 0 atom stereocenters. The number of rotatable bonds is 5. The molecule has 7 heteroatoms. The predicted octanol–water partition coefficient (Wildman–Crippen LogP) is 5.01. The van der Waals surface area contributed by atoms with Crippen LogP contribution in [0.15, 0.2) is 52.9 Å². The molecule has 0 aliphatic carbocycles. The summed E-state index contributed by atoms with van der Waals surface area (Å²) in [6.45, 7) is -0.171. The number of methoxy groups -OCH3 is 1. The number of ether oxygens (including phenoxy) is 1. The Balaban J connectivity index is 1.83. The van der Waals surface area contributed by atoms with E-state index in [1.54, 1.807) is 30.3 Å². The Morgan fingerprint density at radius 2 is 1.88 bits per heavy atom. The van der Waals surface area contributed by atoms with E-state index >= 15 is 0 Å². The Labute approximate surface area is 160 Å². The van der Waals surface area contributed by atoms with E-state index in [0.717, 1.165) is 5.56 Å². The first kappa shape index (κ1) is 18.3. The van der Waals surface area contributed by atoms with Gasteiger partial charge in [0, 0.05) is 16.8 Å². The highest BCUT2D eigenvalue weighted by molar-refractivity contribution is 6.37. The van der Waals surface area contributed by atoms with Crippen molar-refractivity contribution in [2.75, 3.05) is 12.4 Å². The van der Waals surface area contributed by atoms with Gasteiger partial charge >= 0.3 is 0 Å². The zero-order valence-electron chi connectivity index (χ0n) is 13.8. The normalized spacial score (nSPS) is 10.6. The molecule has 1 amide bonds. The number of furan rings is 1. The van der Waals surface area contributed by atoms with Gasteiger partial charge in [-0.3, -0.25) is 4.79 Å². The number of hydrogen-bond acceptors (Lipinski definition) is 4. The van der Waals surface area contributed by atoms with Gasteiger partial charge in [0.1, 0.15) is 18.1 Å². The van der Waals surface area contributed by atoms with Crippen LogP contribution in [-0.2, 0) is 6.61 Å². The maximum absolute atomic E-state index is 12.5. The lowest BCUT2D eigenvalue weighted by molar-refractivity contribution is 0.102. The molecule has 0 radical (unpaired) electrons. The first-order valence-electron chi connectivity index (χ1n) is 7.66. The van der Waals surface area contributed by atoms with Crippen LogP contribution >= 0.6 is 23.2 Å². The van der Waals surface area contributed by atoms with Crippen LogP contribution in [0, 0.1) is 0 Å². The molecule has 0 spiro atoms. The molecule has 0 aliphatic rings. The van der Waals surface area contributed by atoms with Gasteiger partial charge in [-0.2, -0.15) is 0 Å². The summed E-state index contributed by atoms with van der Waals surface area (Å²) in [6, 6.07) is 13.6. The molecule has 0 aliphatic heterocycles. The van der Waals surface area contributed by atoms with Crippen LogP contribution in [0.5, 0.6) is 5.75 Å². The molecular formula is C19H15Cl2NO4. The summed E-state index contributed by atoms with van der Waals surface area (Å²) in [4.78, 5) is 12.5. The summed E-state index contributed by atoms with van der Waals surface area (Å²) in [7, 11) is 1.45. The third kappa shape index (κ3) is 3.85. The van der Waals surface area contributed by atoms with Crippen LogP contribution < -0.4 is 10.1 Å². The number of anilines is 1. The van der Waals surface area contributed by atoms with Gasteiger partial charge < -0.3 is 19.6 Å². The van der Waals surface area contributed by atoms with Crippen LogP contribution in [0.2, 0.25) is 10.0 Å². The Kier molecular flexibility index (Phi) is 5.52. The number of halogens is 2. The van der Waals surface area contributed by atoms with Crippen LogP contribution in [0.3, 0.4) is 0 Å². The van der Waals surface area contributed by atoms with Gasteiger partial charge in [-0.15, -0.1) is 0 Å². The number of benzene rings is 2. The second-order valence-electron chi connectivity index (χ2n) is 5.43. The van der Waals surface area contributed by atoms with Gasteiger partial charge in [-0.05, 0) is 36.4 Å². The highest BCUT2D eigenvalue weighted by atomic mass is 35.5. The van der Waals surface area contributed by atoms with Crippen molar-refractivity contribution in [2.24, 2.45) is 0 Å². The average Bonchev–Trinajstić information content (AvgIpc) is 3.11. The topological polar surface area (TPSA) is 71.7 Å². The molecule has 1 heterocycles. The molecule has 5 nitrogen and oxygen atoms in total. The van der Waals surface area contributed by atoms with Gasteiger partial charge in [0.25, 0.3) is 5.91 Å². The van der Waals surface area contributed by atoms with Crippen LogP contribution in [0.1, 0.15) is 16.1 Å². The molecule has 2 aromatic carbocycles. The van der Waals surface area contributed by atoms with Crippen LogP contribution in [-0.4, -0.2) is 18.1 Å². The van der Waals surface area contributed by atoms with Gasteiger partial charge in [0.2, 0.25) is 0 Å². The Morgan fingerprint density at radius 1 is 1.15 bits per heavy atom. The van der Waals surface area contributed by atoms with Crippen molar-refractivity contribution < 1.29 is 19.1 Å². The third-order valence-corrected chi connectivity index (χ3v) is 4.25. The fourth-order valence-electron chi connectivity index (χ4n) is 2.46. The first-order chi connectivity index (χ1) is 12.5. The van der Waals surface area contributed by atoms with E-state index in [9.17, 15) is 4.79 Å². The second kappa shape index (κ2) is 7.83. The Hall–Kier alpha value is -2.47. The number of carbonyl (C=O) groups is 1. The molecule has 3 rings (SSSR count). The lowest BCUT2D eigenvalue weighted by Crippen LogP contribution is -2.12. The predicted molar refractivity (Wildman–Crippen MR) is 101 cm³/mol. The van der Waals surface area contributed by atoms with Crippen molar-refractivity contribution in [2.45, 2.75) is 6.61 Å². The minimum absolute atomic E-state index is 0.171. The molecular weight excluding hydrogens is 377 g/mol. The number of carbonyl (C=O) groups excluding carboxylic acids is 1. The van der Waals surface area contributed by atoms with Crippen molar-refractivity contribution in [3.05, 3.63) is 69.9 Å². The quantitative estimate of drug-likeness (QED) is 0.641. The van der Waals surface area contributed by atoms with E-state index in [1.165, 1.54) is 19.2 Å². The van der Waals surface area contributed by atoms with E-state index in [-0.39, 0.29) is 22.6 Å². The molecule has 0 saturated carbocycles. The van der Waals surface area contributed by atoms with Gasteiger partial charge in [0.05, 0.1) is 17.2 Å². The highest BCUT2D eigenvalue weighted by Gasteiger charge is 2.14. The van der Waals surface area contributed by atoms with E-state index in [2.05, 4.69) is 5.32 Å². The summed E-state index contributed by atoms with van der Waals surface area (Å²) in [5.74, 6) is 1.03. The molecule has 26 heavy (non-hydrogen) atoms. The average molecular weight is 392 g/mol. The minimum atomic E-state index is -0.357. The molecule has 0 saturated heterocycles. The van der Waals surface area contributed by atoms with E-state index in [4.69, 9.17) is 37.5 Å². The Morgan fingerprint density at radius 3 is 2.50 bits per heavy atom. The smallest absolute Gasteiger partial charge is 0.255 e. The second-order valence-corrected chi connectivity index (χ2v) is 6.25. The fraction of sp³-hybridized carbons (Fsp3) is 0.105.